The molecule has 5 nitrogen and oxygen atoms in total. The molecule has 14 heavy (non-hydrogen) atoms. The molecule has 1 atom stereocenters. The molecular formula is C8H17N5S. The highest BCUT2D eigenvalue weighted by Gasteiger charge is 2.10. The molecule has 0 saturated carbocycles. The third-order valence-corrected chi connectivity index (χ3v) is 2.58. The quantitative estimate of drug-likeness (QED) is 0.729. The molecule has 0 aliphatic carbocycles. The van der Waals surface area contributed by atoms with Gasteiger partial charge in [-0.1, -0.05) is 6.92 Å². The molecule has 1 N–H and O–H groups in total. The van der Waals surface area contributed by atoms with Gasteiger partial charge in [0.25, 0.3) is 0 Å². The minimum Gasteiger partial charge on any atom is -0.313 e. The van der Waals surface area contributed by atoms with Crippen molar-refractivity contribution < 1.29 is 0 Å². The van der Waals surface area contributed by atoms with Crippen LogP contribution in [-0.2, 0) is 13.5 Å². The Hall–Kier alpha value is -0.620. The number of aryl methyl sites for hydroxylation is 1. The molecule has 6 heteroatoms. The topological polar surface area (TPSA) is 55.6 Å². The summed E-state index contributed by atoms with van der Waals surface area (Å²) in [6.07, 6.45) is 2.96. The summed E-state index contributed by atoms with van der Waals surface area (Å²) >= 11 is 1.83. The van der Waals surface area contributed by atoms with Crippen LogP contribution >= 0.6 is 11.8 Å². The Balaban J connectivity index is 2.46. The van der Waals surface area contributed by atoms with Gasteiger partial charge in [0.05, 0.1) is 7.05 Å². The molecule has 1 heterocycles. The molecule has 0 aliphatic heterocycles. The van der Waals surface area contributed by atoms with Crippen molar-refractivity contribution in [3.63, 3.8) is 0 Å². The van der Waals surface area contributed by atoms with Crippen LogP contribution in [0.4, 0.5) is 0 Å². The van der Waals surface area contributed by atoms with Crippen LogP contribution in [0.2, 0.25) is 0 Å². The van der Waals surface area contributed by atoms with Gasteiger partial charge in [-0.15, -0.1) is 10.2 Å². The third-order valence-electron chi connectivity index (χ3n) is 1.84. The lowest BCUT2D eigenvalue weighted by Gasteiger charge is -2.13. The van der Waals surface area contributed by atoms with Gasteiger partial charge < -0.3 is 5.32 Å². The van der Waals surface area contributed by atoms with Gasteiger partial charge in [0.15, 0.2) is 5.82 Å². The van der Waals surface area contributed by atoms with Gasteiger partial charge in [0.2, 0.25) is 0 Å². The Morgan fingerprint density at radius 2 is 2.36 bits per heavy atom. The monoisotopic (exact) mass is 215 g/mol. The first-order chi connectivity index (χ1) is 6.76. The van der Waals surface area contributed by atoms with Gasteiger partial charge in [-0.3, -0.25) is 0 Å². The lowest BCUT2D eigenvalue weighted by atomic mass is 10.2. The zero-order valence-electron chi connectivity index (χ0n) is 8.90. The largest absolute Gasteiger partial charge is 0.313 e. The van der Waals surface area contributed by atoms with Crippen LogP contribution < -0.4 is 5.32 Å². The lowest BCUT2D eigenvalue weighted by Crippen LogP contribution is -2.33. The van der Waals surface area contributed by atoms with Crippen molar-refractivity contribution in [2.45, 2.75) is 19.4 Å². The number of thioether (sulfide) groups is 1. The Labute approximate surface area is 88.6 Å². The number of rotatable bonds is 6. The minimum absolute atomic E-state index is 0.444. The highest BCUT2D eigenvalue weighted by Crippen LogP contribution is 2.02. The highest BCUT2D eigenvalue weighted by molar-refractivity contribution is 7.98. The van der Waals surface area contributed by atoms with E-state index in [0.717, 1.165) is 24.5 Å². The van der Waals surface area contributed by atoms with Gasteiger partial charge in [-0.05, 0) is 18.0 Å². The molecule has 0 saturated heterocycles. The maximum atomic E-state index is 4.16. The fraction of sp³-hybridized carbons (Fsp3) is 0.875. The first kappa shape index (κ1) is 11.5. The highest BCUT2D eigenvalue weighted by atomic mass is 32.2. The molecular weight excluding hydrogens is 198 g/mol. The molecule has 0 fully saturated rings. The first-order valence-electron chi connectivity index (χ1n) is 4.71. The SMILES string of the molecule is CCNC(CSC)Cc1nnn(C)n1. The predicted octanol–water partition coefficient (Wildman–Crippen LogP) is 0.0937. The summed E-state index contributed by atoms with van der Waals surface area (Å²) in [5.74, 6) is 1.89. The second-order valence-corrected chi connectivity index (χ2v) is 4.02. The molecule has 80 valence electrons. The van der Waals surface area contributed by atoms with Crippen LogP contribution in [0.15, 0.2) is 0 Å². The zero-order chi connectivity index (χ0) is 10.4. The number of tetrazole rings is 1. The van der Waals surface area contributed by atoms with Crippen LogP contribution in [0.3, 0.4) is 0 Å². The number of nitrogens with zero attached hydrogens (tertiary/aromatic N) is 4. The zero-order valence-corrected chi connectivity index (χ0v) is 9.71. The Morgan fingerprint density at radius 3 is 2.86 bits per heavy atom. The molecule has 0 bridgehead atoms. The van der Waals surface area contributed by atoms with E-state index in [1.807, 2.05) is 11.8 Å². The number of hydrogen-bond donors (Lipinski definition) is 1. The van der Waals surface area contributed by atoms with Crippen molar-refractivity contribution in [3.05, 3.63) is 5.82 Å². The van der Waals surface area contributed by atoms with E-state index >= 15 is 0 Å². The molecule has 0 aromatic carbocycles. The van der Waals surface area contributed by atoms with Gasteiger partial charge in [-0.2, -0.15) is 16.6 Å². The summed E-state index contributed by atoms with van der Waals surface area (Å²) in [4.78, 5) is 1.50. The van der Waals surface area contributed by atoms with E-state index in [-0.39, 0.29) is 0 Å². The van der Waals surface area contributed by atoms with E-state index in [4.69, 9.17) is 0 Å². The van der Waals surface area contributed by atoms with Crippen molar-refractivity contribution in [1.82, 2.24) is 25.5 Å². The summed E-state index contributed by atoms with van der Waals surface area (Å²) < 4.78 is 0. The van der Waals surface area contributed by atoms with Crippen molar-refractivity contribution in [3.8, 4) is 0 Å². The Bertz CT molecular complexity index is 256. The standard InChI is InChI=1S/C8H17N5S/c1-4-9-7(6-14-3)5-8-10-12-13(2)11-8/h7,9H,4-6H2,1-3H3. The average Bonchev–Trinajstić information content (AvgIpc) is 2.52. The predicted molar refractivity (Wildman–Crippen MR) is 58.3 cm³/mol. The van der Waals surface area contributed by atoms with E-state index in [2.05, 4.69) is 33.9 Å². The number of aromatic nitrogens is 4. The van der Waals surface area contributed by atoms with Crippen LogP contribution in [0, 0.1) is 0 Å². The molecule has 0 radical (unpaired) electrons. The Morgan fingerprint density at radius 1 is 1.57 bits per heavy atom. The second-order valence-electron chi connectivity index (χ2n) is 3.11. The molecule has 1 unspecified atom stereocenters. The summed E-state index contributed by atoms with van der Waals surface area (Å²) in [5, 5.41) is 15.3. The van der Waals surface area contributed by atoms with Crippen LogP contribution in [0.5, 0.6) is 0 Å². The van der Waals surface area contributed by atoms with Gasteiger partial charge in [0.1, 0.15) is 0 Å². The maximum absolute atomic E-state index is 4.16. The van der Waals surface area contributed by atoms with Crippen LogP contribution in [0.25, 0.3) is 0 Å². The third kappa shape index (κ3) is 3.63. The van der Waals surface area contributed by atoms with Crippen molar-refractivity contribution >= 4 is 11.8 Å². The van der Waals surface area contributed by atoms with E-state index in [9.17, 15) is 0 Å². The van der Waals surface area contributed by atoms with E-state index in [1.54, 1.807) is 7.05 Å². The number of hydrogen-bond acceptors (Lipinski definition) is 5. The van der Waals surface area contributed by atoms with Crippen LogP contribution in [0.1, 0.15) is 12.7 Å². The Kier molecular flexibility index (Phi) is 4.89. The van der Waals surface area contributed by atoms with E-state index in [0.29, 0.717) is 6.04 Å². The lowest BCUT2D eigenvalue weighted by molar-refractivity contribution is 0.556. The van der Waals surface area contributed by atoms with Crippen molar-refractivity contribution in [2.24, 2.45) is 7.05 Å². The average molecular weight is 215 g/mol. The fourth-order valence-electron chi connectivity index (χ4n) is 1.31. The molecule has 1 rings (SSSR count). The van der Waals surface area contributed by atoms with Crippen molar-refractivity contribution in [2.75, 3.05) is 18.6 Å². The smallest absolute Gasteiger partial charge is 0.176 e. The van der Waals surface area contributed by atoms with Crippen molar-refractivity contribution in [1.29, 1.82) is 0 Å². The number of likely N-dealkylation sites (N-methyl/N-ethyl adjacent to an activating group) is 1. The maximum Gasteiger partial charge on any atom is 0.176 e. The molecule has 1 aromatic rings. The second kappa shape index (κ2) is 5.98. The van der Waals surface area contributed by atoms with Gasteiger partial charge in [-0.25, -0.2) is 0 Å². The first-order valence-corrected chi connectivity index (χ1v) is 6.10. The van der Waals surface area contributed by atoms with Gasteiger partial charge >= 0.3 is 0 Å². The fourth-order valence-corrected chi connectivity index (χ4v) is 1.94. The summed E-state index contributed by atoms with van der Waals surface area (Å²) in [6, 6.07) is 0.444. The molecule has 0 aliphatic rings. The van der Waals surface area contributed by atoms with Crippen LogP contribution in [-0.4, -0.2) is 44.8 Å². The van der Waals surface area contributed by atoms with E-state index in [1.165, 1.54) is 4.80 Å². The molecule has 0 spiro atoms. The minimum atomic E-state index is 0.444. The van der Waals surface area contributed by atoms with Gasteiger partial charge in [0, 0.05) is 18.2 Å². The summed E-state index contributed by atoms with van der Waals surface area (Å²) in [5.41, 5.74) is 0. The summed E-state index contributed by atoms with van der Waals surface area (Å²) in [7, 11) is 1.79. The number of nitrogens with one attached hydrogen (secondary N) is 1. The normalized spacial score (nSPS) is 13.1. The molecule has 1 aromatic heterocycles. The van der Waals surface area contributed by atoms with E-state index < -0.39 is 0 Å². The molecule has 0 amide bonds. The summed E-state index contributed by atoms with van der Waals surface area (Å²) in [6.45, 7) is 3.09.